The Hall–Kier alpha value is -1.46. The van der Waals surface area contributed by atoms with Gasteiger partial charge in [0.15, 0.2) is 11.5 Å². The maximum absolute atomic E-state index is 5.91. The summed E-state index contributed by atoms with van der Waals surface area (Å²) >= 11 is 0. The lowest BCUT2D eigenvalue weighted by Gasteiger charge is -2.23. The summed E-state index contributed by atoms with van der Waals surface area (Å²) in [7, 11) is 0. The van der Waals surface area contributed by atoms with E-state index in [9.17, 15) is 0 Å². The van der Waals surface area contributed by atoms with E-state index in [0.29, 0.717) is 44.6 Å². The average Bonchev–Trinajstić information content (AvgIpc) is 2.55. The number of benzene rings is 1. The van der Waals surface area contributed by atoms with Crippen LogP contribution in [0.15, 0.2) is 12.1 Å². The molecule has 0 aliphatic rings. The van der Waals surface area contributed by atoms with Crippen LogP contribution in [0.25, 0.3) is 0 Å². The Morgan fingerprint density at radius 2 is 1.43 bits per heavy atom. The lowest BCUT2D eigenvalue weighted by atomic mass is 9.89. The van der Waals surface area contributed by atoms with E-state index in [1.165, 1.54) is 0 Å². The van der Waals surface area contributed by atoms with E-state index < -0.39 is 0 Å². The lowest BCUT2D eigenvalue weighted by Crippen LogP contribution is -2.24. The highest BCUT2D eigenvalue weighted by molar-refractivity contribution is 5.56. The monoisotopic (exact) mass is 324 g/mol. The van der Waals surface area contributed by atoms with Gasteiger partial charge in [0.05, 0.1) is 19.8 Å². The standard InChI is InChI=1S/C18H32N2O3/c1-5-21-16-9-8-15(13(4)10-14(11-19)12-20)17(22-6-2)18(16)23-7-3/h8-9,13-14H,5-7,10-12,19-20H2,1-4H3. The fourth-order valence-corrected chi connectivity index (χ4v) is 2.71. The molecule has 1 rings (SSSR count). The van der Waals surface area contributed by atoms with Crippen molar-refractivity contribution in [1.82, 2.24) is 0 Å². The van der Waals surface area contributed by atoms with Crippen molar-refractivity contribution in [2.24, 2.45) is 17.4 Å². The molecule has 0 saturated heterocycles. The Bertz CT molecular complexity index is 462. The van der Waals surface area contributed by atoms with Crippen molar-refractivity contribution < 1.29 is 14.2 Å². The number of rotatable bonds is 11. The van der Waals surface area contributed by atoms with Crippen LogP contribution >= 0.6 is 0 Å². The molecule has 0 aliphatic heterocycles. The van der Waals surface area contributed by atoms with Crippen molar-refractivity contribution in [2.45, 2.75) is 40.0 Å². The van der Waals surface area contributed by atoms with Gasteiger partial charge in [0, 0.05) is 5.56 Å². The summed E-state index contributed by atoms with van der Waals surface area (Å²) in [6.45, 7) is 11.0. The highest BCUT2D eigenvalue weighted by Crippen LogP contribution is 2.44. The molecule has 1 aromatic carbocycles. The molecule has 0 fully saturated rings. The maximum Gasteiger partial charge on any atom is 0.203 e. The molecule has 0 amide bonds. The first-order valence-electron chi connectivity index (χ1n) is 8.58. The Morgan fingerprint density at radius 1 is 0.870 bits per heavy atom. The van der Waals surface area contributed by atoms with Crippen molar-refractivity contribution in [3.63, 3.8) is 0 Å². The molecule has 4 N–H and O–H groups in total. The summed E-state index contributed by atoms with van der Waals surface area (Å²) in [6.07, 6.45) is 0.923. The summed E-state index contributed by atoms with van der Waals surface area (Å²) < 4.78 is 17.4. The third-order valence-electron chi connectivity index (χ3n) is 3.87. The SMILES string of the molecule is CCOc1ccc(C(C)CC(CN)CN)c(OCC)c1OCC. The Labute approximate surface area is 140 Å². The van der Waals surface area contributed by atoms with Crippen molar-refractivity contribution in [2.75, 3.05) is 32.9 Å². The normalized spacial score (nSPS) is 12.3. The lowest BCUT2D eigenvalue weighted by molar-refractivity contribution is 0.257. The molecule has 1 aromatic rings. The van der Waals surface area contributed by atoms with E-state index in [0.717, 1.165) is 23.5 Å². The van der Waals surface area contributed by atoms with E-state index in [2.05, 4.69) is 13.0 Å². The molecule has 1 unspecified atom stereocenters. The molecule has 0 aromatic heterocycles. The minimum absolute atomic E-state index is 0.281. The van der Waals surface area contributed by atoms with Crippen molar-refractivity contribution >= 4 is 0 Å². The summed E-state index contributed by atoms with van der Waals surface area (Å²) in [5.41, 5.74) is 12.7. The van der Waals surface area contributed by atoms with Crippen molar-refractivity contribution in [1.29, 1.82) is 0 Å². The van der Waals surface area contributed by atoms with Crippen LogP contribution in [0.5, 0.6) is 17.2 Å². The van der Waals surface area contributed by atoms with Gasteiger partial charge in [-0.25, -0.2) is 0 Å². The minimum atomic E-state index is 0.281. The Morgan fingerprint density at radius 3 is 1.96 bits per heavy atom. The third-order valence-corrected chi connectivity index (χ3v) is 3.87. The van der Waals surface area contributed by atoms with Crippen LogP contribution in [-0.2, 0) is 0 Å². The molecule has 0 heterocycles. The number of nitrogens with two attached hydrogens (primary N) is 2. The fourth-order valence-electron chi connectivity index (χ4n) is 2.71. The van der Waals surface area contributed by atoms with Gasteiger partial charge in [-0.3, -0.25) is 0 Å². The largest absolute Gasteiger partial charge is 0.490 e. The van der Waals surface area contributed by atoms with Gasteiger partial charge >= 0.3 is 0 Å². The molecule has 0 spiro atoms. The van der Waals surface area contributed by atoms with Gasteiger partial charge in [0.25, 0.3) is 0 Å². The number of hydrogen-bond donors (Lipinski definition) is 2. The third kappa shape index (κ3) is 5.29. The summed E-state index contributed by atoms with van der Waals surface area (Å²) in [5.74, 6) is 2.78. The molecule has 5 nitrogen and oxygen atoms in total. The summed E-state index contributed by atoms with van der Waals surface area (Å²) in [5, 5.41) is 0. The molecule has 1 atom stereocenters. The summed E-state index contributed by atoms with van der Waals surface area (Å²) in [6, 6.07) is 4.02. The molecular formula is C18H32N2O3. The van der Waals surface area contributed by atoms with Crippen LogP contribution in [0, 0.1) is 5.92 Å². The van der Waals surface area contributed by atoms with Crippen LogP contribution < -0.4 is 25.7 Å². The predicted octanol–water partition coefficient (Wildman–Crippen LogP) is 2.91. The Kier molecular flexibility index (Phi) is 8.81. The van der Waals surface area contributed by atoms with Gasteiger partial charge in [-0.2, -0.15) is 0 Å². The fraction of sp³-hybridized carbons (Fsp3) is 0.667. The molecule has 0 radical (unpaired) electrons. The average molecular weight is 324 g/mol. The number of ether oxygens (including phenoxy) is 3. The van der Waals surface area contributed by atoms with E-state index in [1.54, 1.807) is 0 Å². The smallest absolute Gasteiger partial charge is 0.203 e. The van der Waals surface area contributed by atoms with Crippen LogP contribution in [0.2, 0.25) is 0 Å². The van der Waals surface area contributed by atoms with E-state index in [1.807, 2.05) is 26.8 Å². The van der Waals surface area contributed by atoms with Crippen LogP contribution in [0.4, 0.5) is 0 Å². The zero-order chi connectivity index (χ0) is 17.2. The molecule has 0 aliphatic carbocycles. The highest BCUT2D eigenvalue weighted by atomic mass is 16.5. The van der Waals surface area contributed by atoms with Gasteiger partial charge in [0.2, 0.25) is 5.75 Å². The minimum Gasteiger partial charge on any atom is -0.490 e. The van der Waals surface area contributed by atoms with Crippen LogP contribution in [0.3, 0.4) is 0 Å². The van der Waals surface area contributed by atoms with Crippen LogP contribution in [0.1, 0.15) is 45.6 Å². The topological polar surface area (TPSA) is 79.7 Å². The van der Waals surface area contributed by atoms with Crippen molar-refractivity contribution in [3.05, 3.63) is 17.7 Å². The van der Waals surface area contributed by atoms with Crippen molar-refractivity contribution in [3.8, 4) is 17.2 Å². The Balaban J connectivity index is 3.21. The zero-order valence-corrected chi connectivity index (χ0v) is 14.9. The van der Waals surface area contributed by atoms with Gasteiger partial charge in [-0.15, -0.1) is 0 Å². The zero-order valence-electron chi connectivity index (χ0n) is 14.9. The second-order valence-electron chi connectivity index (χ2n) is 5.58. The highest BCUT2D eigenvalue weighted by Gasteiger charge is 2.22. The second-order valence-corrected chi connectivity index (χ2v) is 5.58. The van der Waals surface area contributed by atoms with Gasteiger partial charge in [0.1, 0.15) is 0 Å². The molecule has 23 heavy (non-hydrogen) atoms. The quantitative estimate of drug-likeness (QED) is 0.654. The number of hydrogen-bond acceptors (Lipinski definition) is 5. The maximum atomic E-state index is 5.91. The molecule has 5 heteroatoms. The molecule has 0 bridgehead atoms. The first kappa shape index (κ1) is 19.6. The van der Waals surface area contributed by atoms with E-state index in [-0.39, 0.29) is 5.92 Å². The van der Waals surface area contributed by atoms with E-state index >= 15 is 0 Å². The van der Waals surface area contributed by atoms with Gasteiger partial charge in [-0.05, 0) is 58.2 Å². The molecule has 0 saturated carbocycles. The first-order chi connectivity index (χ1) is 11.1. The predicted molar refractivity (Wildman–Crippen MR) is 94.6 cm³/mol. The van der Waals surface area contributed by atoms with E-state index in [4.69, 9.17) is 25.7 Å². The molecule has 132 valence electrons. The van der Waals surface area contributed by atoms with Gasteiger partial charge < -0.3 is 25.7 Å². The van der Waals surface area contributed by atoms with Gasteiger partial charge in [-0.1, -0.05) is 13.0 Å². The second kappa shape index (κ2) is 10.3. The van der Waals surface area contributed by atoms with Crippen LogP contribution in [-0.4, -0.2) is 32.9 Å². The molecular weight excluding hydrogens is 292 g/mol. The summed E-state index contributed by atoms with van der Waals surface area (Å²) in [4.78, 5) is 0. The first-order valence-corrected chi connectivity index (χ1v) is 8.58.